The van der Waals surface area contributed by atoms with Crippen molar-refractivity contribution < 1.29 is 17.2 Å². The van der Waals surface area contributed by atoms with Gasteiger partial charge in [0.15, 0.2) is 9.84 Å². The van der Waals surface area contributed by atoms with Crippen LogP contribution in [0.5, 0.6) is 0 Å². The summed E-state index contributed by atoms with van der Waals surface area (Å²) in [5.74, 6) is 0.390. The first kappa shape index (κ1) is 19.2. The van der Waals surface area contributed by atoms with E-state index in [1.54, 1.807) is 18.2 Å². The van der Waals surface area contributed by atoms with Gasteiger partial charge in [-0.1, -0.05) is 26.0 Å². The second-order valence-corrected chi connectivity index (χ2v) is 9.59. The molecular weight excluding hydrogens is 377 g/mol. The Balaban J connectivity index is 1.85. The lowest BCUT2D eigenvalue weighted by molar-refractivity contribution is 0.136. The predicted molar refractivity (Wildman–Crippen MR) is 99.3 cm³/mol. The van der Waals surface area contributed by atoms with Gasteiger partial charge in [0.05, 0.1) is 23.7 Å². The van der Waals surface area contributed by atoms with Crippen molar-refractivity contribution in [1.82, 2.24) is 14.7 Å². The van der Waals surface area contributed by atoms with E-state index in [0.717, 1.165) is 0 Å². The topological polar surface area (TPSA) is 68.3 Å². The number of benzene rings is 1. The Hall–Kier alpha value is -1.58. The first-order valence-electron chi connectivity index (χ1n) is 8.52. The molecule has 1 saturated heterocycles. The highest BCUT2D eigenvalue weighted by atomic mass is 32.2. The standard InChI is InChI=1S/C17H22FN3O3S2/c1-12(2)9-20(13-7-8-26(22,23)10-13)11-21-17(25)24-16(19-21)14-5-3-4-6-15(14)18/h3-6,12-13H,7-11H2,1-2H3/t13-/m0/s1. The zero-order valence-electron chi connectivity index (χ0n) is 14.8. The molecule has 6 nitrogen and oxygen atoms in total. The van der Waals surface area contributed by atoms with Crippen LogP contribution in [0.4, 0.5) is 4.39 Å². The van der Waals surface area contributed by atoms with E-state index in [2.05, 4.69) is 23.8 Å². The Kier molecular flexibility index (Phi) is 5.59. The molecule has 0 bridgehead atoms. The van der Waals surface area contributed by atoms with Gasteiger partial charge in [-0.15, -0.1) is 5.10 Å². The van der Waals surface area contributed by atoms with Gasteiger partial charge in [-0.2, -0.15) is 0 Å². The van der Waals surface area contributed by atoms with E-state index in [1.807, 2.05) is 0 Å². The average molecular weight is 400 g/mol. The number of hydrogen-bond acceptors (Lipinski definition) is 6. The Morgan fingerprint density at radius 1 is 1.42 bits per heavy atom. The van der Waals surface area contributed by atoms with Gasteiger partial charge in [0, 0.05) is 12.6 Å². The summed E-state index contributed by atoms with van der Waals surface area (Å²) in [4.78, 5) is 2.21. The third-order valence-electron chi connectivity index (χ3n) is 4.35. The second kappa shape index (κ2) is 7.58. The molecule has 2 heterocycles. The Labute approximate surface area is 157 Å². The quantitative estimate of drug-likeness (QED) is 0.695. The third kappa shape index (κ3) is 4.39. The lowest BCUT2D eigenvalue weighted by Crippen LogP contribution is -2.40. The number of sulfone groups is 1. The van der Waals surface area contributed by atoms with E-state index in [-0.39, 0.29) is 33.8 Å². The lowest BCUT2D eigenvalue weighted by atomic mass is 10.1. The molecule has 0 amide bonds. The van der Waals surface area contributed by atoms with Gasteiger partial charge in [0.1, 0.15) is 5.82 Å². The van der Waals surface area contributed by atoms with Crippen molar-refractivity contribution in [3.63, 3.8) is 0 Å². The van der Waals surface area contributed by atoms with Gasteiger partial charge in [-0.25, -0.2) is 17.5 Å². The molecule has 142 valence electrons. The summed E-state index contributed by atoms with van der Waals surface area (Å²) in [6.07, 6.45) is 0.598. The van der Waals surface area contributed by atoms with Crippen LogP contribution in [0.2, 0.25) is 0 Å². The van der Waals surface area contributed by atoms with Crippen molar-refractivity contribution in [3.05, 3.63) is 34.9 Å². The highest BCUT2D eigenvalue weighted by Crippen LogP contribution is 2.23. The largest absolute Gasteiger partial charge is 0.409 e. The summed E-state index contributed by atoms with van der Waals surface area (Å²) < 4.78 is 44.6. The van der Waals surface area contributed by atoms with E-state index in [0.29, 0.717) is 25.6 Å². The maximum absolute atomic E-state index is 14.0. The third-order valence-corrected chi connectivity index (χ3v) is 6.40. The fourth-order valence-corrected chi connectivity index (χ4v) is 5.10. The van der Waals surface area contributed by atoms with Crippen LogP contribution in [0, 0.1) is 16.6 Å². The van der Waals surface area contributed by atoms with Crippen LogP contribution in [0.25, 0.3) is 11.5 Å². The predicted octanol–water partition coefficient (Wildman–Crippen LogP) is 3.11. The molecule has 1 aliphatic heterocycles. The van der Waals surface area contributed by atoms with E-state index in [4.69, 9.17) is 16.6 Å². The van der Waals surface area contributed by atoms with Crippen LogP contribution < -0.4 is 0 Å². The van der Waals surface area contributed by atoms with Crippen molar-refractivity contribution in [2.24, 2.45) is 5.92 Å². The molecule has 26 heavy (non-hydrogen) atoms. The molecule has 0 N–H and O–H groups in total. The minimum absolute atomic E-state index is 0.0714. The fourth-order valence-electron chi connectivity index (χ4n) is 3.17. The van der Waals surface area contributed by atoms with Gasteiger partial charge in [-0.05, 0) is 36.7 Å². The highest BCUT2D eigenvalue weighted by molar-refractivity contribution is 7.91. The van der Waals surface area contributed by atoms with E-state index < -0.39 is 15.7 Å². The first-order valence-corrected chi connectivity index (χ1v) is 10.8. The van der Waals surface area contributed by atoms with E-state index >= 15 is 0 Å². The molecule has 2 aromatic rings. The molecule has 9 heteroatoms. The molecular formula is C17H22FN3O3S2. The van der Waals surface area contributed by atoms with Crippen LogP contribution in [-0.2, 0) is 16.5 Å². The zero-order valence-corrected chi connectivity index (χ0v) is 16.4. The smallest absolute Gasteiger partial charge is 0.288 e. The summed E-state index contributed by atoms with van der Waals surface area (Å²) in [6, 6.07) is 6.13. The molecule has 0 saturated carbocycles. The summed E-state index contributed by atoms with van der Waals surface area (Å²) in [7, 11) is -2.99. The molecule has 1 aliphatic rings. The van der Waals surface area contributed by atoms with Crippen molar-refractivity contribution in [3.8, 4) is 11.5 Å². The number of halogens is 1. The highest BCUT2D eigenvalue weighted by Gasteiger charge is 2.33. The van der Waals surface area contributed by atoms with Crippen LogP contribution in [0.1, 0.15) is 20.3 Å². The summed E-state index contributed by atoms with van der Waals surface area (Å²) in [5, 5.41) is 4.31. The maximum atomic E-state index is 14.0. The van der Waals surface area contributed by atoms with Crippen LogP contribution in [0.15, 0.2) is 28.7 Å². The Morgan fingerprint density at radius 2 is 2.15 bits per heavy atom. The minimum atomic E-state index is -2.99. The fraction of sp³-hybridized carbons (Fsp3) is 0.529. The normalized spacial score (nSPS) is 19.5. The Bertz CT molecular complexity index is 937. The van der Waals surface area contributed by atoms with Crippen molar-refractivity contribution in [2.75, 3.05) is 18.1 Å². The maximum Gasteiger partial charge on any atom is 0.288 e. The molecule has 3 rings (SSSR count). The molecule has 1 aromatic carbocycles. The molecule has 1 atom stereocenters. The molecule has 0 unspecified atom stereocenters. The van der Waals surface area contributed by atoms with Crippen LogP contribution in [-0.4, -0.2) is 47.2 Å². The number of aromatic nitrogens is 2. The molecule has 1 aromatic heterocycles. The summed E-state index contributed by atoms with van der Waals surface area (Å²) in [5.41, 5.74) is 0.246. The average Bonchev–Trinajstić information content (AvgIpc) is 3.09. The van der Waals surface area contributed by atoms with Crippen molar-refractivity contribution in [2.45, 2.75) is 33.0 Å². The number of nitrogens with zero attached hydrogens (tertiary/aromatic N) is 3. The second-order valence-electron chi connectivity index (χ2n) is 7.02. The van der Waals surface area contributed by atoms with Crippen molar-refractivity contribution in [1.29, 1.82) is 0 Å². The van der Waals surface area contributed by atoms with Gasteiger partial charge in [0.2, 0.25) is 5.89 Å². The molecule has 0 spiro atoms. The monoisotopic (exact) mass is 399 g/mol. The summed E-state index contributed by atoms with van der Waals surface area (Å²) in [6.45, 7) is 5.17. The van der Waals surface area contributed by atoms with Crippen LogP contribution >= 0.6 is 12.2 Å². The van der Waals surface area contributed by atoms with E-state index in [9.17, 15) is 12.8 Å². The van der Waals surface area contributed by atoms with Crippen molar-refractivity contribution >= 4 is 22.1 Å². The van der Waals surface area contributed by atoms with Gasteiger partial charge in [0.25, 0.3) is 4.84 Å². The lowest BCUT2D eigenvalue weighted by Gasteiger charge is -2.29. The van der Waals surface area contributed by atoms with E-state index in [1.165, 1.54) is 10.7 Å². The molecule has 1 fully saturated rings. The Morgan fingerprint density at radius 3 is 2.77 bits per heavy atom. The van der Waals surface area contributed by atoms with Crippen LogP contribution in [0.3, 0.4) is 0 Å². The molecule has 0 radical (unpaired) electrons. The first-order chi connectivity index (χ1) is 12.2. The van der Waals surface area contributed by atoms with Gasteiger partial charge < -0.3 is 4.42 Å². The minimum Gasteiger partial charge on any atom is -0.409 e. The molecule has 0 aliphatic carbocycles. The number of hydrogen-bond donors (Lipinski definition) is 0. The van der Waals surface area contributed by atoms with Gasteiger partial charge >= 0.3 is 0 Å². The number of rotatable bonds is 6. The SMILES string of the molecule is CC(C)CN(Cn1nc(-c2ccccc2F)oc1=S)[C@H]1CCS(=O)(=O)C1. The zero-order chi connectivity index (χ0) is 18.9. The van der Waals surface area contributed by atoms with Gasteiger partial charge in [-0.3, -0.25) is 4.90 Å². The summed E-state index contributed by atoms with van der Waals surface area (Å²) >= 11 is 5.23.